The largest absolute Gasteiger partial charge is 0.378 e. The Hall–Kier alpha value is -4.12. The maximum absolute atomic E-state index is 13.4. The molecule has 36 heavy (non-hydrogen) atoms. The number of hydrogen-bond acceptors (Lipinski definition) is 5. The van der Waals surface area contributed by atoms with E-state index in [0.29, 0.717) is 17.4 Å². The minimum Gasteiger partial charge on any atom is -0.378 e. The highest BCUT2D eigenvalue weighted by Gasteiger charge is 2.28. The van der Waals surface area contributed by atoms with E-state index in [0.717, 1.165) is 17.7 Å². The molecule has 0 saturated heterocycles. The molecule has 1 heterocycles. The maximum atomic E-state index is 13.4. The predicted octanol–water partition coefficient (Wildman–Crippen LogP) is 3.15. The molecule has 0 aliphatic rings. The zero-order chi connectivity index (χ0) is 26.6. The van der Waals surface area contributed by atoms with Crippen molar-refractivity contribution in [2.75, 3.05) is 10.6 Å². The maximum Gasteiger partial charge on any atom is 0.254 e. The average Bonchev–Trinajstić information content (AvgIpc) is 3.27. The van der Waals surface area contributed by atoms with Crippen molar-refractivity contribution in [3.63, 3.8) is 0 Å². The Balaban J connectivity index is 1.63. The van der Waals surface area contributed by atoms with Gasteiger partial charge in [-0.25, -0.2) is 8.78 Å². The number of aromatic nitrogens is 2. The lowest BCUT2D eigenvalue weighted by molar-refractivity contribution is -0.132. The summed E-state index contributed by atoms with van der Waals surface area (Å²) in [4.78, 5) is 36.1. The van der Waals surface area contributed by atoms with E-state index in [2.05, 4.69) is 26.1 Å². The minimum atomic E-state index is -1.86. The molecule has 0 fully saturated rings. The Morgan fingerprint density at radius 1 is 0.972 bits per heavy atom. The van der Waals surface area contributed by atoms with Crippen LogP contribution in [0, 0.1) is 11.6 Å². The van der Waals surface area contributed by atoms with Gasteiger partial charge in [0.05, 0.1) is 5.69 Å². The Labute approximate surface area is 206 Å². The van der Waals surface area contributed by atoms with Crippen LogP contribution in [0.15, 0.2) is 48.5 Å². The number of nitrogens with zero attached hydrogens (tertiary/aromatic N) is 1. The quantitative estimate of drug-likeness (QED) is 0.324. The van der Waals surface area contributed by atoms with Crippen molar-refractivity contribution >= 4 is 29.2 Å². The summed E-state index contributed by atoms with van der Waals surface area (Å²) < 4.78 is 26.7. The van der Waals surface area contributed by atoms with Crippen LogP contribution in [0.25, 0.3) is 0 Å². The van der Waals surface area contributed by atoms with Crippen LogP contribution in [-0.2, 0) is 19.8 Å². The van der Waals surface area contributed by atoms with Crippen molar-refractivity contribution in [3.05, 3.63) is 77.0 Å². The van der Waals surface area contributed by atoms with Crippen LogP contribution in [-0.4, -0.2) is 39.1 Å². The SMILES string of the molecule is CC(=O)Nc1ccc(C(C)(C)c2cc(NC(=O)[C@H](C)NC(=O)[C@@H](O)c3cc(F)cc(F)c3)[nH]n2)cc1. The zero-order valence-electron chi connectivity index (χ0n) is 20.1. The summed E-state index contributed by atoms with van der Waals surface area (Å²) in [5.74, 6) is -3.36. The van der Waals surface area contributed by atoms with E-state index >= 15 is 0 Å². The summed E-state index contributed by atoms with van der Waals surface area (Å²) in [6.45, 7) is 6.71. The van der Waals surface area contributed by atoms with E-state index in [1.54, 1.807) is 18.2 Å². The van der Waals surface area contributed by atoms with Crippen LogP contribution < -0.4 is 16.0 Å². The number of hydrogen-bond donors (Lipinski definition) is 5. The average molecular weight is 500 g/mol. The number of anilines is 2. The molecule has 0 bridgehead atoms. The number of rotatable bonds is 8. The lowest BCUT2D eigenvalue weighted by atomic mass is 9.81. The fourth-order valence-corrected chi connectivity index (χ4v) is 3.51. The van der Waals surface area contributed by atoms with Gasteiger partial charge in [-0.3, -0.25) is 19.5 Å². The molecule has 0 aliphatic heterocycles. The Morgan fingerprint density at radius 2 is 1.58 bits per heavy atom. The van der Waals surface area contributed by atoms with Crippen LogP contribution in [0.4, 0.5) is 20.3 Å². The molecule has 190 valence electrons. The monoisotopic (exact) mass is 499 g/mol. The molecule has 3 amide bonds. The van der Waals surface area contributed by atoms with E-state index in [1.165, 1.54) is 13.8 Å². The van der Waals surface area contributed by atoms with Gasteiger partial charge in [-0.15, -0.1) is 0 Å². The molecular weight excluding hydrogens is 472 g/mol. The number of amides is 3. The molecule has 3 rings (SSSR count). The van der Waals surface area contributed by atoms with Crippen molar-refractivity contribution in [2.24, 2.45) is 0 Å². The molecule has 0 radical (unpaired) electrons. The van der Waals surface area contributed by atoms with Crippen LogP contribution >= 0.6 is 0 Å². The van der Waals surface area contributed by atoms with Gasteiger partial charge in [-0.05, 0) is 42.3 Å². The highest BCUT2D eigenvalue weighted by atomic mass is 19.1. The lowest BCUT2D eigenvalue weighted by Gasteiger charge is -2.23. The number of aromatic amines is 1. The third-order valence-corrected chi connectivity index (χ3v) is 5.60. The molecule has 0 unspecified atom stereocenters. The fourth-order valence-electron chi connectivity index (χ4n) is 3.51. The minimum absolute atomic E-state index is 0.169. The zero-order valence-corrected chi connectivity index (χ0v) is 20.1. The molecule has 5 N–H and O–H groups in total. The molecule has 11 heteroatoms. The smallest absolute Gasteiger partial charge is 0.254 e. The van der Waals surface area contributed by atoms with Gasteiger partial charge in [-0.1, -0.05) is 26.0 Å². The third-order valence-electron chi connectivity index (χ3n) is 5.60. The number of carbonyl (C=O) groups is 3. The fraction of sp³-hybridized carbons (Fsp3) is 0.280. The first-order chi connectivity index (χ1) is 16.9. The van der Waals surface area contributed by atoms with Gasteiger partial charge in [0.15, 0.2) is 6.10 Å². The first-order valence-electron chi connectivity index (χ1n) is 11.1. The van der Waals surface area contributed by atoms with Crippen molar-refractivity contribution in [1.29, 1.82) is 0 Å². The van der Waals surface area contributed by atoms with Gasteiger partial charge in [0, 0.05) is 30.2 Å². The van der Waals surface area contributed by atoms with Crippen LogP contribution in [0.5, 0.6) is 0 Å². The van der Waals surface area contributed by atoms with Crippen LogP contribution in [0.3, 0.4) is 0 Å². The standard InChI is InChI=1S/C25H27F2N5O4/c1-13(28-24(36)22(34)15-9-17(26)11-18(27)10-15)23(35)30-21-12-20(31-32-21)25(3,4)16-5-7-19(8-6-16)29-14(2)33/h5-13,22,34H,1-4H3,(H,28,36)(H,29,33)(H2,30,31,32,35)/t13-,22-/m0/s1. The Morgan fingerprint density at radius 3 is 2.17 bits per heavy atom. The summed E-state index contributed by atoms with van der Waals surface area (Å²) >= 11 is 0. The van der Waals surface area contributed by atoms with Gasteiger partial charge in [0.2, 0.25) is 11.8 Å². The van der Waals surface area contributed by atoms with Gasteiger partial charge >= 0.3 is 0 Å². The second-order valence-electron chi connectivity index (χ2n) is 8.88. The summed E-state index contributed by atoms with van der Waals surface area (Å²) in [6, 6.07) is 10.2. The first-order valence-corrected chi connectivity index (χ1v) is 11.1. The van der Waals surface area contributed by atoms with Gasteiger partial charge < -0.3 is 21.1 Å². The van der Waals surface area contributed by atoms with Crippen molar-refractivity contribution < 1.29 is 28.3 Å². The number of H-pyrrole nitrogens is 1. The van der Waals surface area contributed by atoms with E-state index in [4.69, 9.17) is 0 Å². The number of aliphatic hydroxyl groups is 1. The molecular formula is C25H27F2N5O4. The van der Waals surface area contributed by atoms with Gasteiger partial charge in [-0.2, -0.15) is 5.10 Å². The Kier molecular flexibility index (Phi) is 7.83. The van der Waals surface area contributed by atoms with Crippen LogP contribution in [0.2, 0.25) is 0 Å². The molecule has 0 spiro atoms. The number of carbonyl (C=O) groups excluding carboxylic acids is 3. The highest BCUT2D eigenvalue weighted by molar-refractivity contribution is 5.97. The second-order valence-corrected chi connectivity index (χ2v) is 8.88. The molecule has 2 aromatic carbocycles. The molecule has 0 saturated carbocycles. The van der Waals surface area contributed by atoms with E-state index in [-0.39, 0.29) is 17.3 Å². The summed E-state index contributed by atoms with van der Waals surface area (Å²) in [7, 11) is 0. The summed E-state index contributed by atoms with van der Waals surface area (Å²) in [5.41, 5.74) is 1.40. The normalized spacial score (nSPS) is 13.0. The summed E-state index contributed by atoms with van der Waals surface area (Å²) in [6.07, 6.45) is -1.86. The van der Waals surface area contributed by atoms with Crippen LogP contribution in [0.1, 0.15) is 50.6 Å². The first kappa shape index (κ1) is 26.5. The second kappa shape index (κ2) is 10.6. The summed E-state index contributed by atoms with van der Waals surface area (Å²) in [5, 5.41) is 24.7. The number of benzene rings is 2. The molecule has 1 aromatic heterocycles. The molecule has 0 aliphatic carbocycles. The van der Waals surface area contributed by atoms with Crippen molar-refractivity contribution in [3.8, 4) is 0 Å². The predicted molar refractivity (Wildman–Crippen MR) is 129 cm³/mol. The van der Waals surface area contributed by atoms with E-state index in [9.17, 15) is 28.3 Å². The van der Waals surface area contributed by atoms with Gasteiger partial charge in [0.1, 0.15) is 23.5 Å². The van der Waals surface area contributed by atoms with E-state index < -0.39 is 41.0 Å². The van der Waals surface area contributed by atoms with E-state index in [1.807, 2.05) is 26.0 Å². The van der Waals surface area contributed by atoms with Crippen molar-refractivity contribution in [1.82, 2.24) is 15.5 Å². The molecule has 2 atom stereocenters. The highest BCUT2D eigenvalue weighted by Crippen LogP contribution is 2.32. The number of halogens is 2. The number of aliphatic hydroxyl groups excluding tert-OH is 1. The molecule has 3 aromatic rings. The van der Waals surface area contributed by atoms with Gasteiger partial charge in [0.25, 0.3) is 5.91 Å². The Bertz CT molecular complexity index is 1250. The topological polar surface area (TPSA) is 136 Å². The lowest BCUT2D eigenvalue weighted by Crippen LogP contribution is -2.43. The third kappa shape index (κ3) is 6.30. The molecule has 9 nitrogen and oxygen atoms in total. The van der Waals surface area contributed by atoms with Crippen molar-refractivity contribution in [2.45, 2.75) is 45.3 Å². The number of nitrogens with one attached hydrogen (secondary N) is 4.